The van der Waals surface area contributed by atoms with E-state index in [1.54, 1.807) is 13.2 Å². The number of benzene rings is 1. The van der Waals surface area contributed by atoms with Crippen LogP contribution >= 0.6 is 0 Å². The Bertz CT molecular complexity index is 633. The summed E-state index contributed by atoms with van der Waals surface area (Å²) in [5, 5.41) is 4.22. The molecule has 0 radical (unpaired) electrons. The first kappa shape index (κ1) is 17.5. The normalized spacial score (nSPS) is 20.0. The third-order valence-electron chi connectivity index (χ3n) is 4.95. The van der Waals surface area contributed by atoms with E-state index in [1.807, 2.05) is 29.2 Å². The Morgan fingerprint density at radius 3 is 2.72 bits per heavy atom. The molecule has 1 aliphatic carbocycles. The lowest BCUT2D eigenvalue weighted by Crippen LogP contribution is -2.40. The van der Waals surface area contributed by atoms with Crippen LogP contribution in [-0.2, 0) is 9.63 Å². The van der Waals surface area contributed by atoms with Crippen LogP contribution in [0.5, 0.6) is 5.75 Å². The molecule has 0 unspecified atom stereocenters. The minimum Gasteiger partial charge on any atom is -0.497 e. The van der Waals surface area contributed by atoms with Crippen molar-refractivity contribution in [2.45, 2.75) is 38.2 Å². The third-order valence-corrected chi connectivity index (χ3v) is 4.95. The molecule has 1 saturated carbocycles. The first-order chi connectivity index (χ1) is 12.2. The summed E-state index contributed by atoms with van der Waals surface area (Å²) in [5.74, 6) is 1.22. The topological polar surface area (TPSA) is 51.1 Å². The van der Waals surface area contributed by atoms with Gasteiger partial charge in [-0.25, -0.2) is 0 Å². The first-order valence-corrected chi connectivity index (χ1v) is 8.98. The van der Waals surface area contributed by atoms with E-state index >= 15 is 0 Å². The molecule has 1 heterocycles. The lowest BCUT2D eigenvalue weighted by Gasteiger charge is -2.26. The van der Waals surface area contributed by atoms with Crippen molar-refractivity contribution in [3.05, 3.63) is 42.5 Å². The average Bonchev–Trinajstić information content (AvgIpc) is 3.33. The molecule has 5 heteroatoms. The lowest BCUT2D eigenvalue weighted by atomic mass is 10.0. The van der Waals surface area contributed by atoms with Gasteiger partial charge in [0.25, 0.3) is 0 Å². The molecule has 3 rings (SSSR count). The molecule has 1 atom stereocenters. The largest absolute Gasteiger partial charge is 0.497 e. The van der Waals surface area contributed by atoms with Gasteiger partial charge < -0.3 is 14.5 Å². The molecule has 0 aromatic heterocycles. The van der Waals surface area contributed by atoms with E-state index in [1.165, 1.54) is 0 Å². The van der Waals surface area contributed by atoms with E-state index < -0.39 is 0 Å². The highest BCUT2D eigenvalue weighted by atomic mass is 16.6. The van der Waals surface area contributed by atoms with Crippen LogP contribution in [0.3, 0.4) is 0 Å². The summed E-state index contributed by atoms with van der Waals surface area (Å²) in [4.78, 5) is 20.2. The van der Waals surface area contributed by atoms with Crippen LogP contribution in [0.25, 0.3) is 0 Å². The summed E-state index contributed by atoms with van der Waals surface area (Å²) in [5.41, 5.74) is 1.94. The van der Waals surface area contributed by atoms with Crippen LogP contribution in [0.15, 0.2) is 42.1 Å². The molecule has 1 amide bonds. The van der Waals surface area contributed by atoms with Crippen molar-refractivity contribution in [3.8, 4) is 5.75 Å². The van der Waals surface area contributed by atoms with Gasteiger partial charge in [-0.05, 0) is 42.7 Å². The Hall–Kier alpha value is -2.30. The van der Waals surface area contributed by atoms with Crippen molar-refractivity contribution in [2.24, 2.45) is 11.1 Å². The maximum atomic E-state index is 12.7. The molecule has 0 N–H and O–H groups in total. The molecule has 5 nitrogen and oxygen atoms in total. The fraction of sp³-hybridized carbons (Fsp3) is 0.500. The maximum absolute atomic E-state index is 12.7. The average molecular weight is 342 g/mol. The number of rotatable bonds is 7. The molecular weight excluding hydrogens is 316 g/mol. The number of carbonyl (C=O) groups is 1. The van der Waals surface area contributed by atoms with Gasteiger partial charge in [-0.3, -0.25) is 4.79 Å². The van der Waals surface area contributed by atoms with Gasteiger partial charge in [-0.1, -0.05) is 24.1 Å². The van der Waals surface area contributed by atoms with Crippen molar-refractivity contribution in [3.63, 3.8) is 0 Å². The van der Waals surface area contributed by atoms with Crippen molar-refractivity contribution in [1.82, 2.24) is 4.90 Å². The van der Waals surface area contributed by atoms with E-state index in [9.17, 15) is 4.79 Å². The van der Waals surface area contributed by atoms with Gasteiger partial charge in [-0.2, -0.15) is 0 Å². The highest BCUT2D eigenvalue weighted by Gasteiger charge is 2.30. The zero-order chi connectivity index (χ0) is 17.6. The van der Waals surface area contributed by atoms with Crippen molar-refractivity contribution >= 4 is 11.6 Å². The second-order valence-corrected chi connectivity index (χ2v) is 6.71. The number of methoxy groups -OCH3 is 1. The highest BCUT2D eigenvalue weighted by molar-refractivity contribution is 6.01. The minimum absolute atomic E-state index is 0.0950. The molecular formula is C20H26N2O3. The summed E-state index contributed by atoms with van der Waals surface area (Å²) in [6.45, 7) is 4.91. The Morgan fingerprint density at radius 1 is 1.36 bits per heavy atom. The first-order valence-electron chi connectivity index (χ1n) is 8.98. The third kappa shape index (κ3) is 4.21. The fourth-order valence-corrected chi connectivity index (χ4v) is 3.57. The van der Waals surface area contributed by atoms with Gasteiger partial charge in [0.2, 0.25) is 5.91 Å². The highest BCUT2D eigenvalue weighted by Crippen LogP contribution is 2.27. The predicted molar refractivity (Wildman–Crippen MR) is 97.8 cm³/mol. The van der Waals surface area contributed by atoms with E-state index in [0.29, 0.717) is 19.5 Å². The van der Waals surface area contributed by atoms with Crippen LogP contribution in [0.1, 0.15) is 37.7 Å². The van der Waals surface area contributed by atoms with Crippen LogP contribution in [-0.4, -0.2) is 42.8 Å². The van der Waals surface area contributed by atoms with Crippen molar-refractivity contribution in [1.29, 1.82) is 0 Å². The van der Waals surface area contributed by atoms with E-state index in [2.05, 4.69) is 11.7 Å². The maximum Gasteiger partial charge on any atom is 0.226 e. The predicted octanol–water partition coefficient (Wildman–Crippen LogP) is 3.39. The molecule has 1 fully saturated rings. The van der Waals surface area contributed by atoms with E-state index in [4.69, 9.17) is 9.57 Å². The van der Waals surface area contributed by atoms with E-state index in [-0.39, 0.29) is 17.9 Å². The van der Waals surface area contributed by atoms with Gasteiger partial charge in [0.15, 0.2) is 6.10 Å². The number of carbonyl (C=O) groups excluding carboxylic acids is 1. The zero-order valence-electron chi connectivity index (χ0n) is 14.8. The number of oxime groups is 1. The summed E-state index contributed by atoms with van der Waals surface area (Å²) in [6, 6.07) is 7.79. The second kappa shape index (κ2) is 8.19. The second-order valence-electron chi connectivity index (χ2n) is 6.71. The molecule has 0 saturated heterocycles. The monoisotopic (exact) mass is 342 g/mol. The molecule has 1 aliphatic heterocycles. The van der Waals surface area contributed by atoms with E-state index in [0.717, 1.165) is 42.7 Å². The Labute approximate surface area is 149 Å². The molecule has 134 valence electrons. The summed E-state index contributed by atoms with van der Waals surface area (Å²) in [6.07, 6.45) is 6.72. The fourth-order valence-electron chi connectivity index (χ4n) is 3.57. The molecule has 2 aliphatic rings. The van der Waals surface area contributed by atoms with Crippen LogP contribution < -0.4 is 4.74 Å². The Balaban J connectivity index is 1.58. The molecule has 1 aromatic rings. The van der Waals surface area contributed by atoms with Crippen LogP contribution in [0.4, 0.5) is 0 Å². The lowest BCUT2D eigenvalue weighted by molar-refractivity contribution is -0.136. The molecule has 1 aromatic carbocycles. The van der Waals surface area contributed by atoms with Crippen molar-refractivity contribution in [2.75, 3.05) is 20.2 Å². The van der Waals surface area contributed by atoms with Crippen molar-refractivity contribution < 1.29 is 14.4 Å². The number of hydrogen-bond donors (Lipinski definition) is 0. The van der Waals surface area contributed by atoms with Gasteiger partial charge in [0, 0.05) is 18.9 Å². The molecule has 25 heavy (non-hydrogen) atoms. The Kier molecular flexibility index (Phi) is 5.74. The molecule has 0 bridgehead atoms. The Morgan fingerprint density at radius 2 is 2.08 bits per heavy atom. The SMILES string of the molecule is C=CCN(C[C@@H]1CC(c2ccc(OC)cc2)=NO1)C(=O)C1CCCC1. The standard InChI is InChI=1S/C20H26N2O3/c1-3-12-22(20(23)16-6-4-5-7-16)14-18-13-19(21-25-18)15-8-10-17(24-2)11-9-15/h3,8-11,16,18H,1,4-7,12-14H2,2H3/t18-/m0/s1. The number of nitrogens with zero attached hydrogens (tertiary/aromatic N) is 2. The van der Waals surface area contributed by atoms with Crippen LogP contribution in [0.2, 0.25) is 0 Å². The van der Waals surface area contributed by atoms with Crippen LogP contribution in [0, 0.1) is 5.92 Å². The number of amides is 1. The van der Waals surface area contributed by atoms with Gasteiger partial charge in [0.05, 0.1) is 19.4 Å². The summed E-state index contributed by atoms with van der Waals surface area (Å²) in [7, 11) is 1.65. The summed E-state index contributed by atoms with van der Waals surface area (Å²) < 4.78 is 5.18. The quantitative estimate of drug-likeness (QED) is 0.714. The number of ether oxygens (including phenoxy) is 1. The van der Waals surface area contributed by atoms with Gasteiger partial charge in [-0.15, -0.1) is 6.58 Å². The smallest absolute Gasteiger partial charge is 0.226 e. The summed E-state index contributed by atoms with van der Waals surface area (Å²) >= 11 is 0. The van der Waals surface area contributed by atoms with Gasteiger partial charge >= 0.3 is 0 Å². The molecule has 0 spiro atoms. The van der Waals surface area contributed by atoms with Gasteiger partial charge in [0.1, 0.15) is 5.75 Å². The zero-order valence-corrected chi connectivity index (χ0v) is 14.8. The minimum atomic E-state index is -0.0950. The number of hydrogen-bond acceptors (Lipinski definition) is 4.